The molecule has 1 heterocycles. The van der Waals surface area contributed by atoms with Crippen molar-refractivity contribution in [1.29, 1.82) is 0 Å². The second-order valence-electron chi connectivity index (χ2n) is 8.15. The number of rotatable bonds is 6. The van der Waals surface area contributed by atoms with Crippen LogP contribution in [0.2, 0.25) is 0 Å². The first-order valence-corrected chi connectivity index (χ1v) is 10.2. The van der Waals surface area contributed by atoms with Gasteiger partial charge in [-0.25, -0.2) is 4.39 Å². The molecular weight excluding hydrogens is 351 g/mol. The predicted octanol–water partition coefficient (Wildman–Crippen LogP) is 4.47. The molecule has 0 radical (unpaired) electrons. The fraction of sp³-hybridized carbons (Fsp3) is 0.458. The lowest BCUT2D eigenvalue weighted by Crippen LogP contribution is -2.42. The summed E-state index contributed by atoms with van der Waals surface area (Å²) in [5.74, 6) is 0.449. The third-order valence-corrected chi connectivity index (χ3v) is 5.75. The number of aryl methyl sites for hydroxylation is 2. The second kappa shape index (κ2) is 9.33. The molecule has 0 aliphatic carbocycles. The van der Waals surface area contributed by atoms with Crippen LogP contribution in [-0.2, 0) is 6.42 Å². The SMILES string of the molecule is Cc1ccc(C(=O)N(C)C[C@@H]2CCCN(CCc3ccccc3F)C2)c(C)c1. The highest BCUT2D eigenvalue weighted by Gasteiger charge is 2.23. The van der Waals surface area contributed by atoms with Gasteiger partial charge in [-0.15, -0.1) is 0 Å². The van der Waals surface area contributed by atoms with E-state index < -0.39 is 0 Å². The minimum atomic E-state index is -0.116. The summed E-state index contributed by atoms with van der Waals surface area (Å²) >= 11 is 0. The molecule has 3 rings (SSSR count). The number of carbonyl (C=O) groups excluding carboxylic acids is 1. The molecule has 3 nitrogen and oxygen atoms in total. The van der Waals surface area contributed by atoms with Crippen molar-refractivity contribution >= 4 is 5.91 Å². The lowest BCUT2D eigenvalue weighted by Gasteiger charge is -2.35. The molecular formula is C24H31FN2O. The summed E-state index contributed by atoms with van der Waals surface area (Å²) in [6.45, 7) is 7.70. The van der Waals surface area contributed by atoms with E-state index in [1.165, 1.54) is 11.6 Å². The van der Waals surface area contributed by atoms with Gasteiger partial charge in [0.1, 0.15) is 5.82 Å². The Hall–Kier alpha value is -2.20. The Morgan fingerprint density at radius 3 is 2.75 bits per heavy atom. The van der Waals surface area contributed by atoms with Crippen LogP contribution in [0.3, 0.4) is 0 Å². The van der Waals surface area contributed by atoms with Crippen molar-refractivity contribution in [1.82, 2.24) is 9.80 Å². The molecule has 1 atom stereocenters. The monoisotopic (exact) mass is 382 g/mol. The highest BCUT2D eigenvalue weighted by atomic mass is 19.1. The molecule has 1 aliphatic heterocycles. The summed E-state index contributed by atoms with van der Waals surface area (Å²) in [4.78, 5) is 17.1. The Morgan fingerprint density at radius 1 is 1.21 bits per heavy atom. The molecule has 150 valence electrons. The maximum Gasteiger partial charge on any atom is 0.253 e. The van der Waals surface area contributed by atoms with Gasteiger partial charge in [0, 0.05) is 32.2 Å². The van der Waals surface area contributed by atoms with Gasteiger partial charge >= 0.3 is 0 Å². The van der Waals surface area contributed by atoms with E-state index in [0.717, 1.165) is 62.1 Å². The van der Waals surface area contributed by atoms with Crippen molar-refractivity contribution in [3.05, 3.63) is 70.5 Å². The van der Waals surface area contributed by atoms with Gasteiger partial charge in [0.25, 0.3) is 5.91 Å². The Kier molecular flexibility index (Phi) is 6.84. The minimum Gasteiger partial charge on any atom is -0.341 e. The molecule has 2 aromatic rings. The zero-order chi connectivity index (χ0) is 20.1. The topological polar surface area (TPSA) is 23.6 Å². The van der Waals surface area contributed by atoms with Crippen LogP contribution in [0.15, 0.2) is 42.5 Å². The van der Waals surface area contributed by atoms with E-state index in [9.17, 15) is 9.18 Å². The Morgan fingerprint density at radius 2 is 2.00 bits per heavy atom. The van der Waals surface area contributed by atoms with Crippen LogP contribution in [0.25, 0.3) is 0 Å². The van der Waals surface area contributed by atoms with Crippen LogP contribution < -0.4 is 0 Å². The normalized spacial score (nSPS) is 17.5. The van der Waals surface area contributed by atoms with Gasteiger partial charge in [-0.2, -0.15) is 0 Å². The molecule has 0 saturated carbocycles. The fourth-order valence-electron chi connectivity index (χ4n) is 4.21. The maximum atomic E-state index is 13.8. The van der Waals surface area contributed by atoms with Gasteiger partial charge in [0.2, 0.25) is 0 Å². The molecule has 28 heavy (non-hydrogen) atoms. The van der Waals surface area contributed by atoms with Crippen LogP contribution in [0.1, 0.15) is 39.9 Å². The van der Waals surface area contributed by atoms with Gasteiger partial charge in [0.15, 0.2) is 0 Å². The molecule has 0 spiro atoms. The van der Waals surface area contributed by atoms with E-state index in [0.29, 0.717) is 5.92 Å². The third-order valence-electron chi connectivity index (χ3n) is 5.75. The van der Waals surface area contributed by atoms with Gasteiger partial charge in [-0.1, -0.05) is 35.9 Å². The Bertz CT molecular complexity index is 820. The van der Waals surface area contributed by atoms with Crippen LogP contribution in [-0.4, -0.2) is 48.9 Å². The lowest BCUT2D eigenvalue weighted by molar-refractivity contribution is 0.0729. The molecule has 0 unspecified atom stereocenters. The first-order valence-electron chi connectivity index (χ1n) is 10.2. The molecule has 0 N–H and O–H groups in total. The zero-order valence-electron chi connectivity index (χ0n) is 17.2. The van der Waals surface area contributed by atoms with E-state index in [-0.39, 0.29) is 11.7 Å². The summed E-state index contributed by atoms with van der Waals surface area (Å²) in [6.07, 6.45) is 3.00. The van der Waals surface area contributed by atoms with Gasteiger partial charge in [-0.3, -0.25) is 4.79 Å². The summed E-state index contributed by atoms with van der Waals surface area (Å²) in [5, 5.41) is 0. The molecule has 2 aromatic carbocycles. The van der Waals surface area contributed by atoms with Gasteiger partial charge < -0.3 is 9.80 Å². The van der Waals surface area contributed by atoms with E-state index in [4.69, 9.17) is 0 Å². The molecule has 1 saturated heterocycles. The van der Waals surface area contributed by atoms with Crippen molar-refractivity contribution in [2.24, 2.45) is 5.92 Å². The number of piperidine rings is 1. The van der Waals surface area contributed by atoms with Crippen LogP contribution in [0, 0.1) is 25.6 Å². The van der Waals surface area contributed by atoms with E-state index in [2.05, 4.69) is 11.0 Å². The van der Waals surface area contributed by atoms with Crippen molar-refractivity contribution in [2.45, 2.75) is 33.1 Å². The van der Waals surface area contributed by atoms with Crippen molar-refractivity contribution in [3.8, 4) is 0 Å². The number of benzene rings is 2. The van der Waals surface area contributed by atoms with Crippen molar-refractivity contribution < 1.29 is 9.18 Å². The molecule has 0 bridgehead atoms. The number of hydrogen-bond acceptors (Lipinski definition) is 2. The lowest BCUT2D eigenvalue weighted by atomic mass is 9.96. The Labute approximate surface area is 168 Å². The predicted molar refractivity (Wildman–Crippen MR) is 112 cm³/mol. The smallest absolute Gasteiger partial charge is 0.253 e. The van der Waals surface area contributed by atoms with Gasteiger partial charge in [0.05, 0.1) is 0 Å². The number of hydrogen-bond donors (Lipinski definition) is 0. The van der Waals surface area contributed by atoms with E-state index in [1.54, 1.807) is 6.07 Å². The number of nitrogens with zero attached hydrogens (tertiary/aromatic N) is 2. The van der Waals surface area contributed by atoms with E-state index >= 15 is 0 Å². The fourth-order valence-corrected chi connectivity index (χ4v) is 4.21. The Balaban J connectivity index is 1.54. The molecule has 1 amide bonds. The van der Waals surface area contributed by atoms with Crippen LogP contribution in [0.4, 0.5) is 4.39 Å². The van der Waals surface area contributed by atoms with Gasteiger partial charge in [-0.05, 0) is 68.8 Å². The second-order valence-corrected chi connectivity index (χ2v) is 8.15. The third kappa shape index (κ3) is 5.20. The standard InChI is InChI=1S/C24H31FN2O/c1-18-10-11-22(19(2)15-18)24(28)26(3)16-20-7-6-13-27(17-20)14-12-21-8-4-5-9-23(21)25/h4-5,8-11,15,20H,6-7,12-14,16-17H2,1-3H3/t20-/m0/s1. The summed E-state index contributed by atoms with van der Waals surface area (Å²) in [7, 11) is 1.90. The van der Waals surface area contributed by atoms with Crippen molar-refractivity contribution in [2.75, 3.05) is 33.2 Å². The minimum absolute atomic E-state index is 0.0981. The quantitative estimate of drug-likeness (QED) is 0.736. The van der Waals surface area contributed by atoms with Crippen LogP contribution >= 0.6 is 0 Å². The number of likely N-dealkylation sites (tertiary alicyclic amines) is 1. The number of amides is 1. The average Bonchev–Trinajstić information content (AvgIpc) is 2.67. The average molecular weight is 383 g/mol. The molecule has 1 aliphatic rings. The largest absolute Gasteiger partial charge is 0.341 e. The molecule has 4 heteroatoms. The first kappa shape index (κ1) is 20.5. The number of carbonyl (C=O) groups is 1. The van der Waals surface area contributed by atoms with E-state index in [1.807, 2.05) is 50.1 Å². The molecule has 0 aromatic heterocycles. The highest BCUT2D eigenvalue weighted by Crippen LogP contribution is 2.20. The summed E-state index contributed by atoms with van der Waals surface area (Å²) < 4.78 is 13.8. The van der Waals surface area contributed by atoms with Crippen LogP contribution in [0.5, 0.6) is 0 Å². The summed E-state index contributed by atoms with van der Waals surface area (Å²) in [6, 6.07) is 13.0. The van der Waals surface area contributed by atoms with Crippen molar-refractivity contribution in [3.63, 3.8) is 0 Å². The maximum absolute atomic E-state index is 13.8. The zero-order valence-corrected chi connectivity index (χ0v) is 17.2. The summed E-state index contributed by atoms with van der Waals surface area (Å²) in [5.41, 5.74) is 3.79. The molecule has 1 fully saturated rings. The number of halogens is 1. The highest BCUT2D eigenvalue weighted by molar-refractivity contribution is 5.95. The first-order chi connectivity index (χ1) is 13.4.